The first kappa shape index (κ1) is 19.5. The zero-order valence-electron chi connectivity index (χ0n) is 16.5. The van der Waals surface area contributed by atoms with Crippen LogP contribution in [0, 0.1) is 0 Å². The van der Waals surface area contributed by atoms with Crippen LogP contribution in [0.5, 0.6) is 0 Å². The molecular formula is C20H32N6O. The van der Waals surface area contributed by atoms with Crippen molar-refractivity contribution in [1.29, 1.82) is 0 Å². The maximum Gasteiger partial charge on any atom is 0.191 e. The first-order valence-electron chi connectivity index (χ1n) is 10.0. The Labute approximate surface area is 161 Å². The van der Waals surface area contributed by atoms with Gasteiger partial charge in [0.25, 0.3) is 0 Å². The Kier molecular flexibility index (Phi) is 7.33. The van der Waals surface area contributed by atoms with Crippen LogP contribution in [-0.4, -0.2) is 53.4 Å². The second-order valence-corrected chi connectivity index (χ2v) is 7.05. The number of aliphatic imine (C=N–C) groups is 1. The predicted molar refractivity (Wildman–Crippen MR) is 108 cm³/mol. The second-order valence-electron chi connectivity index (χ2n) is 7.05. The molecule has 0 spiro atoms. The average Bonchev–Trinajstić information content (AvgIpc) is 3.42. The van der Waals surface area contributed by atoms with Crippen molar-refractivity contribution < 1.29 is 4.42 Å². The van der Waals surface area contributed by atoms with Gasteiger partial charge in [0.1, 0.15) is 5.76 Å². The zero-order valence-corrected chi connectivity index (χ0v) is 16.5. The van der Waals surface area contributed by atoms with Gasteiger partial charge in [-0.1, -0.05) is 0 Å². The fourth-order valence-corrected chi connectivity index (χ4v) is 3.54. The van der Waals surface area contributed by atoms with E-state index in [0.29, 0.717) is 6.54 Å². The number of aryl methyl sites for hydroxylation is 2. The van der Waals surface area contributed by atoms with E-state index in [1.54, 1.807) is 6.26 Å². The molecule has 2 aromatic rings. The smallest absolute Gasteiger partial charge is 0.191 e. The molecule has 3 heterocycles. The van der Waals surface area contributed by atoms with Crippen molar-refractivity contribution in [2.45, 2.75) is 38.6 Å². The minimum atomic E-state index is 0.216. The van der Waals surface area contributed by atoms with Crippen LogP contribution < -0.4 is 10.6 Å². The molecule has 7 nitrogen and oxygen atoms in total. The van der Waals surface area contributed by atoms with Crippen LogP contribution in [0.15, 0.2) is 40.2 Å². The maximum atomic E-state index is 5.69. The topological polar surface area (TPSA) is 70.6 Å². The van der Waals surface area contributed by atoms with Crippen LogP contribution in [-0.2, 0) is 13.5 Å². The highest BCUT2D eigenvalue weighted by atomic mass is 16.3. The number of likely N-dealkylation sites (tertiary alicyclic amines) is 1. The normalized spacial score (nSPS) is 16.6. The number of hydrogen-bond donors (Lipinski definition) is 2. The predicted octanol–water partition coefficient (Wildman–Crippen LogP) is 2.34. The number of hydrogen-bond acceptors (Lipinski definition) is 4. The van der Waals surface area contributed by atoms with E-state index < -0.39 is 0 Å². The molecule has 0 saturated carbocycles. The molecule has 1 aliphatic rings. The maximum absolute atomic E-state index is 5.69. The number of nitrogens with zero attached hydrogens (tertiary/aromatic N) is 4. The van der Waals surface area contributed by atoms with E-state index in [2.05, 4.69) is 39.8 Å². The molecule has 2 aromatic heterocycles. The number of guanidine groups is 1. The van der Waals surface area contributed by atoms with Gasteiger partial charge in [0.2, 0.25) is 0 Å². The molecule has 0 aromatic carbocycles. The quantitative estimate of drug-likeness (QED) is 0.402. The first-order valence-corrected chi connectivity index (χ1v) is 10.0. The van der Waals surface area contributed by atoms with E-state index in [1.807, 2.05) is 24.0 Å². The molecule has 0 amide bonds. The summed E-state index contributed by atoms with van der Waals surface area (Å²) >= 11 is 0. The van der Waals surface area contributed by atoms with Crippen LogP contribution in [0.4, 0.5) is 0 Å². The molecule has 1 saturated heterocycles. The molecular weight excluding hydrogens is 340 g/mol. The number of nitrogens with one attached hydrogen (secondary N) is 2. The highest BCUT2D eigenvalue weighted by Crippen LogP contribution is 2.25. The number of rotatable bonds is 9. The summed E-state index contributed by atoms with van der Waals surface area (Å²) in [6, 6.07) is 4.24. The van der Waals surface area contributed by atoms with E-state index in [1.165, 1.54) is 18.4 Å². The van der Waals surface area contributed by atoms with Crippen molar-refractivity contribution in [3.63, 3.8) is 0 Å². The van der Waals surface area contributed by atoms with Crippen LogP contribution in [0.3, 0.4) is 0 Å². The van der Waals surface area contributed by atoms with Crippen molar-refractivity contribution in [3.05, 3.63) is 42.1 Å². The summed E-state index contributed by atoms with van der Waals surface area (Å²) in [6.07, 6.45) is 10.3. The summed E-state index contributed by atoms with van der Waals surface area (Å²) in [7, 11) is 1.95. The monoisotopic (exact) mass is 372 g/mol. The molecule has 7 heteroatoms. The fourth-order valence-electron chi connectivity index (χ4n) is 3.54. The molecule has 3 rings (SSSR count). The summed E-state index contributed by atoms with van der Waals surface area (Å²) in [5.74, 6) is 1.88. The van der Waals surface area contributed by atoms with E-state index in [9.17, 15) is 0 Å². The Morgan fingerprint density at radius 1 is 1.33 bits per heavy atom. The summed E-state index contributed by atoms with van der Waals surface area (Å²) < 4.78 is 7.54. The largest absolute Gasteiger partial charge is 0.468 e. The lowest BCUT2D eigenvalue weighted by atomic mass is 10.2. The van der Waals surface area contributed by atoms with Crippen LogP contribution in [0.2, 0.25) is 0 Å². The van der Waals surface area contributed by atoms with Crippen molar-refractivity contribution in [1.82, 2.24) is 25.3 Å². The third-order valence-electron chi connectivity index (χ3n) is 4.91. The van der Waals surface area contributed by atoms with Crippen molar-refractivity contribution in [2.24, 2.45) is 12.0 Å². The van der Waals surface area contributed by atoms with Crippen molar-refractivity contribution in [3.8, 4) is 0 Å². The molecule has 1 aliphatic heterocycles. The van der Waals surface area contributed by atoms with Crippen molar-refractivity contribution in [2.75, 3.05) is 32.7 Å². The highest BCUT2D eigenvalue weighted by molar-refractivity contribution is 5.79. The summed E-state index contributed by atoms with van der Waals surface area (Å²) in [4.78, 5) is 7.32. The molecule has 0 radical (unpaired) electrons. The van der Waals surface area contributed by atoms with Gasteiger partial charge in [-0.3, -0.25) is 14.6 Å². The molecule has 1 atom stereocenters. The van der Waals surface area contributed by atoms with Gasteiger partial charge >= 0.3 is 0 Å². The Balaban J connectivity index is 1.53. The Bertz CT molecular complexity index is 687. The minimum absolute atomic E-state index is 0.216. The summed E-state index contributed by atoms with van der Waals surface area (Å²) in [5, 5.41) is 11.0. The fraction of sp³-hybridized carbons (Fsp3) is 0.600. The van der Waals surface area contributed by atoms with Gasteiger partial charge < -0.3 is 15.1 Å². The van der Waals surface area contributed by atoms with Gasteiger partial charge in [-0.15, -0.1) is 0 Å². The lowest BCUT2D eigenvalue weighted by Gasteiger charge is -2.24. The van der Waals surface area contributed by atoms with E-state index in [4.69, 9.17) is 9.41 Å². The number of furan rings is 1. The van der Waals surface area contributed by atoms with Gasteiger partial charge in [-0.25, -0.2) is 0 Å². The summed E-state index contributed by atoms with van der Waals surface area (Å²) in [6.45, 7) is 6.77. The lowest BCUT2D eigenvalue weighted by molar-refractivity contribution is 0.221. The van der Waals surface area contributed by atoms with E-state index >= 15 is 0 Å². The molecule has 148 valence electrons. The standard InChI is InChI=1S/C20H32N6O/c1-3-21-20(22-10-6-8-17-14-24-25(2)16-17)23-15-18(19-9-7-13-27-19)26-11-4-5-12-26/h7,9,13-14,16,18H,3-6,8,10-12,15H2,1-2H3,(H2,21,22,23). The Hall–Kier alpha value is -2.28. The third kappa shape index (κ3) is 5.85. The first-order chi connectivity index (χ1) is 13.3. The Morgan fingerprint density at radius 2 is 2.19 bits per heavy atom. The summed E-state index contributed by atoms with van der Waals surface area (Å²) in [5.41, 5.74) is 1.27. The van der Waals surface area contributed by atoms with Crippen LogP contribution >= 0.6 is 0 Å². The zero-order chi connectivity index (χ0) is 18.9. The van der Waals surface area contributed by atoms with Gasteiger partial charge in [0.05, 0.1) is 25.0 Å². The van der Waals surface area contributed by atoms with Crippen LogP contribution in [0.25, 0.3) is 0 Å². The van der Waals surface area contributed by atoms with Gasteiger partial charge in [0, 0.05) is 26.3 Å². The minimum Gasteiger partial charge on any atom is -0.468 e. The van der Waals surface area contributed by atoms with E-state index in [-0.39, 0.29) is 6.04 Å². The van der Waals surface area contributed by atoms with Crippen molar-refractivity contribution >= 4 is 5.96 Å². The van der Waals surface area contributed by atoms with E-state index in [0.717, 1.165) is 50.7 Å². The number of aromatic nitrogens is 2. The molecule has 1 unspecified atom stereocenters. The molecule has 0 aliphatic carbocycles. The van der Waals surface area contributed by atoms with Gasteiger partial charge in [0.15, 0.2) is 5.96 Å². The average molecular weight is 373 g/mol. The molecule has 2 N–H and O–H groups in total. The van der Waals surface area contributed by atoms with Gasteiger partial charge in [-0.05, 0) is 63.4 Å². The van der Waals surface area contributed by atoms with Crippen LogP contribution in [0.1, 0.15) is 43.6 Å². The molecule has 27 heavy (non-hydrogen) atoms. The van der Waals surface area contributed by atoms with Gasteiger partial charge in [-0.2, -0.15) is 5.10 Å². The highest BCUT2D eigenvalue weighted by Gasteiger charge is 2.25. The molecule has 0 bridgehead atoms. The second kappa shape index (κ2) is 10.2. The lowest BCUT2D eigenvalue weighted by Crippen LogP contribution is -2.39. The molecule has 1 fully saturated rings. The Morgan fingerprint density at radius 3 is 2.85 bits per heavy atom. The SMILES string of the molecule is CCNC(=NCC(c1ccco1)N1CCCC1)NCCCc1cnn(C)c1. The third-order valence-corrected chi connectivity index (χ3v) is 4.91.